The highest BCUT2D eigenvalue weighted by atomic mass is 32.2. The summed E-state index contributed by atoms with van der Waals surface area (Å²) < 4.78 is 26.0. The fourth-order valence-electron chi connectivity index (χ4n) is 2.27. The average Bonchev–Trinajstić information content (AvgIpc) is 2.48. The largest absolute Gasteiger partial charge is 0.254 e. The van der Waals surface area contributed by atoms with Crippen LogP contribution in [0.3, 0.4) is 0 Å². The van der Waals surface area contributed by atoms with Gasteiger partial charge >= 0.3 is 0 Å². The van der Waals surface area contributed by atoms with Crippen LogP contribution in [0.5, 0.6) is 0 Å². The van der Waals surface area contributed by atoms with Gasteiger partial charge in [-0.3, -0.25) is 4.21 Å². The van der Waals surface area contributed by atoms with Gasteiger partial charge in [-0.25, -0.2) is 4.39 Å². The molecule has 0 aliphatic heterocycles. The van der Waals surface area contributed by atoms with Gasteiger partial charge in [0.1, 0.15) is 5.82 Å². The number of hydrogen-bond donors (Lipinski definition) is 0. The van der Waals surface area contributed by atoms with Crippen LogP contribution in [0.2, 0.25) is 0 Å². The fourth-order valence-corrected chi connectivity index (χ4v) is 3.47. The van der Waals surface area contributed by atoms with Crippen LogP contribution in [0.15, 0.2) is 71.6 Å². The molecular weight excluding hydrogens is 271 g/mol. The minimum absolute atomic E-state index is 0.264. The van der Waals surface area contributed by atoms with Crippen LogP contribution < -0.4 is 0 Å². The molecule has 0 saturated heterocycles. The van der Waals surface area contributed by atoms with E-state index in [-0.39, 0.29) is 4.90 Å². The fraction of sp³-hybridized carbons (Fsp3) is 0.0588. The highest BCUT2D eigenvalue weighted by molar-refractivity contribution is 7.84. The summed E-state index contributed by atoms with van der Waals surface area (Å²) in [5.74, 6) is -0.0893. The van der Waals surface area contributed by atoms with Gasteiger partial charge in [0, 0.05) is 0 Å². The lowest BCUT2D eigenvalue weighted by molar-refractivity contribution is 0.595. The molecule has 0 saturated carbocycles. The van der Waals surface area contributed by atoms with Crippen molar-refractivity contribution in [3.63, 3.8) is 0 Å². The topological polar surface area (TPSA) is 17.1 Å². The Kier molecular flexibility index (Phi) is 3.61. The maximum absolute atomic E-state index is 13.7. The Morgan fingerprint density at radius 1 is 0.850 bits per heavy atom. The van der Waals surface area contributed by atoms with E-state index >= 15 is 0 Å². The minimum Gasteiger partial charge on any atom is -0.254 e. The number of hydrogen-bond acceptors (Lipinski definition) is 1. The Bertz CT molecular complexity index is 777. The summed E-state index contributed by atoms with van der Waals surface area (Å²) in [5, 5.41) is 2.18. The molecule has 0 bridgehead atoms. The molecular formula is C17H13FOS. The molecule has 1 nitrogen and oxygen atoms in total. The first-order valence-electron chi connectivity index (χ1n) is 6.35. The van der Waals surface area contributed by atoms with Crippen LogP contribution >= 0.6 is 0 Å². The number of halogens is 1. The average molecular weight is 284 g/mol. The molecule has 3 aromatic carbocycles. The van der Waals surface area contributed by atoms with E-state index in [9.17, 15) is 8.60 Å². The van der Waals surface area contributed by atoms with Crippen LogP contribution in [0.4, 0.5) is 4.39 Å². The summed E-state index contributed by atoms with van der Waals surface area (Å²) in [7, 11) is -1.38. The first-order chi connectivity index (χ1) is 9.75. The Morgan fingerprint density at radius 2 is 1.55 bits per heavy atom. The van der Waals surface area contributed by atoms with Crippen LogP contribution in [0.1, 0.15) is 5.56 Å². The van der Waals surface area contributed by atoms with E-state index in [1.807, 2.05) is 42.5 Å². The first-order valence-corrected chi connectivity index (χ1v) is 7.67. The zero-order chi connectivity index (χ0) is 13.9. The molecule has 3 heteroatoms. The molecule has 0 aliphatic carbocycles. The number of rotatable bonds is 3. The molecule has 20 heavy (non-hydrogen) atoms. The lowest BCUT2D eigenvalue weighted by atomic mass is 10.1. The molecule has 0 N–H and O–H groups in total. The van der Waals surface area contributed by atoms with Crippen molar-refractivity contribution in [2.75, 3.05) is 0 Å². The van der Waals surface area contributed by atoms with Crippen molar-refractivity contribution in [3.8, 4) is 0 Å². The Morgan fingerprint density at radius 3 is 2.40 bits per heavy atom. The van der Waals surface area contributed by atoms with Crippen molar-refractivity contribution >= 4 is 21.6 Å². The second-order valence-corrected chi connectivity index (χ2v) is 5.98. The third kappa shape index (κ3) is 2.49. The number of benzene rings is 3. The lowest BCUT2D eigenvalue weighted by Gasteiger charge is -2.07. The molecule has 3 rings (SSSR count). The van der Waals surface area contributed by atoms with Gasteiger partial charge in [-0.1, -0.05) is 54.6 Å². The maximum Gasteiger partial charge on any atom is 0.139 e. The molecule has 0 fully saturated rings. The number of fused-ring (bicyclic) bond motifs is 1. The van der Waals surface area contributed by atoms with Crippen LogP contribution in [0, 0.1) is 5.82 Å². The summed E-state index contributed by atoms with van der Waals surface area (Å²) >= 11 is 0. The standard InChI is InChI=1S/C17H13FOS/c18-16-10-3-4-11-17(16)20(19)12-14-8-5-7-13-6-1-2-9-15(13)14/h1-11H,12H2. The van der Waals surface area contributed by atoms with E-state index in [4.69, 9.17) is 0 Å². The van der Waals surface area contributed by atoms with Gasteiger partial charge in [-0.2, -0.15) is 0 Å². The summed E-state index contributed by atoms with van der Waals surface area (Å²) in [6.07, 6.45) is 0. The van der Waals surface area contributed by atoms with Crippen molar-refractivity contribution in [1.29, 1.82) is 0 Å². The smallest absolute Gasteiger partial charge is 0.139 e. The predicted octanol–water partition coefficient (Wildman–Crippen LogP) is 4.29. The summed E-state index contributed by atoms with van der Waals surface area (Å²) in [6, 6.07) is 20.1. The van der Waals surface area contributed by atoms with Crippen molar-refractivity contribution in [2.45, 2.75) is 10.6 Å². The SMILES string of the molecule is O=S(Cc1cccc2ccccc12)c1ccccc1F. The predicted molar refractivity (Wildman–Crippen MR) is 80.5 cm³/mol. The maximum atomic E-state index is 13.7. The molecule has 0 heterocycles. The van der Waals surface area contributed by atoms with Crippen LogP contribution in [-0.2, 0) is 16.6 Å². The van der Waals surface area contributed by atoms with E-state index in [0.29, 0.717) is 5.75 Å². The van der Waals surface area contributed by atoms with Gasteiger partial charge in [-0.15, -0.1) is 0 Å². The molecule has 1 unspecified atom stereocenters. The van der Waals surface area contributed by atoms with E-state index in [0.717, 1.165) is 16.3 Å². The molecule has 0 radical (unpaired) electrons. The zero-order valence-corrected chi connectivity index (χ0v) is 11.6. The molecule has 0 spiro atoms. The molecule has 1 atom stereocenters. The molecule has 0 aromatic heterocycles. The first kappa shape index (κ1) is 13.0. The normalized spacial score (nSPS) is 12.4. The van der Waals surface area contributed by atoms with Gasteiger partial charge in [0.25, 0.3) is 0 Å². The Hall–Kier alpha value is -2.00. The molecule has 3 aromatic rings. The van der Waals surface area contributed by atoms with E-state index < -0.39 is 16.6 Å². The monoisotopic (exact) mass is 284 g/mol. The Labute approximate surface area is 119 Å². The quantitative estimate of drug-likeness (QED) is 0.701. The molecule has 100 valence electrons. The van der Waals surface area contributed by atoms with Crippen LogP contribution in [0.25, 0.3) is 10.8 Å². The van der Waals surface area contributed by atoms with E-state index in [1.165, 1.54) is 6.07 Å². The molecule has 0 aliphatic rings. The Balaban J connectivity index is 1.98. The van der Waals surface area contributed by atoms with Crippen molar-refractivity contribution < 1.29 is 8.60 Å². The van der Waals surface area contributed by atoms with Crippen molar-refractivity contribution in [2.24, 2.45) is 0 Å². The summed E-state index contributed by atoms with van der Waals surface area (Å²) in [5.41, 5.74) is 0.977. The minimum atomic E-state index is -1.38. The van der Waals surface area contributed by atoms with Gasteiger partial charge in [0.2, 0.25) is 0 Å². The summed E-state index contributed by atoms with van der Waals surface area (Å²) in [4.78, 5) is 0.264. The van der Waals surface area contributed by atoms with E-state index in [1.54, 1.807) is 18.2 Å². The summed E-state index contributed by atoms with van der Waals surface area (Å²) in [6.45, 7) is 0. The van der Waals surface area contributed by atoms with Crippen molar-refractivity contribution in [3.05, 3.63) is 78.1 Å². The third-order valence-electron chi connectivity index (χ3n) is 3.25. The lowest BCUT2D eigenvalue weighted by Crippen LogP contribution is -1.99. The van der Waals surface area contributed by atoms with Crippen LogP contribution in [-0.4, -0.2) is 4.21 Å². The van der Waals surface area contributed by atoms with Gasteiger partial charge in [-0.05, 0) is 28.5 Å². The third-order valence-corrected chi connectivity index (χ3v) is 4.64. The second-order valence-electron chi connectivity index (χ2n) is 4.56. The highest BCUT2D eigenvalue weighted by Gasteiger charge is 2.11. The van der Waals surface area contributed by atoms with Gasteiger partial charge in [0.15, 0.2) is 0 Å². The van der Waals surface area contributed by atoms with Gasteiger partial charge in [0.05, 0.1) is 21.4 Å². The van der Waals surface area contributed by atoms with Crippen molar-refractivity contribution in [1.82, 2.24) is 0 Å². The second kappa shape index (κ2) is 5.55. The zero-order valence-electron chi connectivity index (χ0n) is 10.8. The highest BCUT2D eigenvalue weighted by Crippen LogP contribution is 2.22. The van der Waals surface area contributed by atoms with E-state index in [2.05, 4.69) is 0 Å². The molecule has 0 amide bonds. The van der Waals surface area contributed by atoms with Gasteiger partial charge < -0.3 is 0 Å².